The van der Waals surface area contributed by atoms with Gasteiger partial charge in [-0.25, -0.2) is 4.79 Å². The maximum absolute atomic E-state index is 13.0. The number of benzene rings is 2. The first kappa shape index (κ1) is 23.4. The summed E-state index contributed by atoms with van der Waals surface area (Å²) < 4.78 is 5.26. The Morgan fingerprint density at radius 1 is 1.17 bits per heavy atom. The average molecular weight is 431 g/mol. The van der Waals surface area contributed by atoms with E-state index >= 15 is 0 Å². The number of nitro groups is 1. The molecule has 0 aromatic heterocycles. The number of nitrogens with zero attached hydrogens (tertiary/aromatic N) is 1. The van der Waals surface area contributed by atoms with E-state index in [-0.39, 0.29) is 17.4 Å². The van der Waals surface area contributed by atoms with Crippen LogP contribution in [-0.4, -0.2) is 41.0 Å². The Balaban J connectivity index is 2.32. The van der Waals surface area contributed by atoms with Crippen molar-refractivity contribution in [2.24, 2.45) is 0 Å². The molecule has 0 saturated carbocycles. The lowest BCUT2D eigenvalue weighted by Crippen LogP contribution is -2.43. The molecule has 0 spiro atoms. The van der Waals surface area contributed by atoms with Crippen molar-refractivity contribution in [3.8, 4) is 0 Å². The minimum absolute atomic E-state index is 0.178. The Labute approximate surface area is 180 Å². The normalized spacial score (nSPS) is 11.7. The Hall–Kier alpha value is -2.87. The number of non-ortho nitro benzene ring substituents is 1. The fraction of sp³-hybridized carbons (Fsp3) is 0.364. The van der Waals surface area contributed by atoms with Gasteiger partial charge in [0, 0.05) is 17.7 Å². The molecule has 1 atom stereocenters. The lowest BCUT2D eigenvalue weighted by Gasteiger charge is -2.20. The monoisotopic (exact) mass is 430 g/mol. The van der Waals surface area contributed by atoms with Crippen molar-refractivity contribution in [3.63, 3.8) is 0 Å². The number of esters is 1. The van der Waals surface area contributed by atoms with E-state index in [1.807, 2.05) is 36.6 Å². The molecule has 0 aliphatic heterocycles. The summed E-state index contributed by atoms with van der Waals surface area (Å²) in [5.74, 6) is -0.386. The highest BCUT2D eigenvalue weighted by atomic mass is 32.2. The van der Waals surface area contributed by atoms with Gasteiger partial charge in [0.25, 0.3) is 11.6 Å². The number of nitro benzene ring substituents is 1. The number of carbonyl (C=O) groups excluding carboxylic acids is 2. The highest BCUT2D eigenvalue weighted by Gasteiger charge is 2.25. The SMILES string of the molecule is CSCC[C@H](NC(=O)c1cc([N+](=O)[O-])ccc1Cc1ccccc1)C(=O)OC(C)C. The van der Waals surface area contributed by atoms with Crippen LogP contribution in [0, 0.1) is 10.1 Å². The van der Waals surface area contributed by atoms with Gasteiger partial charge in [0.1, 0.15) is 6.04 Å². The van der Waals surface area contributed by atoms with E-state index in [0.29, 0.717) is 24.2 Å². The van der Waals surface area contributed by atoms with Crippen LogP contribution in [0.3, 0.4) is 0 Å². The quantitative estimate of drug-likeness (QED) is 0.348. The van der Waals surface area contributed by atoms with Crippen LogP contribution in [0.5, 0.6) is 0 Å². The molecule has 30 heavy (non-hydrogen) atoms. The maximum atomic E-state index is 13.0. The smallest absolute Gasteiger partial charge is 0.328 e. The van der Waals surface area contributed by atoms with Crippen molar-refractivity contribution in [3.05, 3.63) is 75.3 Å². The predicted octanol–water partition coefficient (Wildman–Crippen LogP) is 3.99. The van der Waals surface area contributed by atoms with Gasteiger partial charge in [-0.3, -0.25) is 14.9 Å². The van der Waals surface area contributed by atoms with Crippen LogP contribution in [0.4, 0.5) is 5.69 Å². The first-order chi connectivity index (χ1) is 14.3. The van der Waals surface area contributed by atoms with Crippen LogP contribution in [-0.2, 0) is 16.0 Å². The number of hydrogen-bond acceptors (Lipinski definition) is 6. The molecule has 0 unspecified atom stereocenters. The summed E-state index contributed by atoms with van der Waals surface area (Å²) in [6.07, 6.45) is 2.44. The molecule has 0 aliphatic rings. The number of rotatable bonds is 10. The Morgan fingerprint density at radius 2 is 1.87 bits per heavy atom. The lowest BCUT2D eigenvalue weighted by atomic mass is 9.98. The molecule has 8 heteroatoms. The van der Waals surface area contributed by atoms with E-state index in [2.05, 4.69) is 5.32 Å². The number of nitrogens with one attached hydrogen (secondary N) is 1. The van der Waals surface area contributed by atoms with Crippen LogP contribution in [0.1, 0.15) is 41.8 Å². The number of hydrogen-bond donors (Lipinski definition) is 1. The lowest BCUT2D eigenvalue weighted by molar-refractivity contribution is -0.384. The van der Waals surface area contributed by atoms with Crippen molar-refractivity contribution in [2.75, 3.05) is 12.0 Å². The zero-order valence-electron chi connectivity index (χ0n) is 17.3. The van der Waals surface area contributed by atoms with Crippen LogP contribution in [0.2, 0.25) is 0 Å². The topological polar surface area (TPSA) is 98.5 Å². The van der Waals surface area contributed by atoms with E-state index in [1.165, 1.54) is 12.1 Å². The Kier molecular flexibility index (Phi) is 8.86. The number of carbonyl (C=O) groups is 2. The van der Waals surface area contributed by atoms with Gasteiger partial charge in [-0.1, -0.05) is 36.4 Å². The fourth-order valence-electron chi connectivity index (χ4n) is 2.89. The minimum Gasteiger partial charge on any atom is -0.461 e. The zero-order chi connectivity index (χ0) is 22.1. The van der Waals surface area contributed by atoms with E-state index in [4.69, 9.17) is 4.74 Å². The Bertz CT molecular complexity index is 886. The number of thioether (sulfide) groups is 1. The van der Waals surface area contributed by atoms with Crippen molar-refractivity contribution in [1.82, 2.24) is 5.32 Å². The van der Waals surface area contributed by atoms with Crippen molar-refractivity contribution < 1.29 is 19.2 Å². The summed E-state index contributed by atoms with van der Waals surface area (Å²) >= 11 is 1.55. The van der Waals surface area contributed by atoms with Gasteiger partial charge in [-0.05, 0) is 49.8 Å². The van der Waals surface area contributed by atoms with Gasteiger partial charge in [-0.15, -0.1) is 0 Å². The summed E-state index contributed by atoms with van der Waals surface area (Å²) in [5, 5.41) is 14.0. The second-order valence-corrected chi connectivity index (χ2v) is 8.04. The van der Waals surface area contributed by atoms with E-state index in [9.17, 15) is 19.7 Å². The summed E-state index contributed by atoms with van der Waals surface area (Å²) in [6.45, 7) is 3.48. The number of amides is 1. The molecule has 0 heterocycles. The molecule has 2 aromatic rings. The third-order valence-corrected chi connectivity index (χ3v) is 4.98. The van der Waals surface area contributed by atoms with E-state index in [0.717, 1.165) is 5.56 Å². The molecular weight excluding hydrogens is 404 g/mol. The van der Waals surface area contributed by atoms with Crippen LogP contribution >= 0.6 is 11.8 Å². The molecule has 0 bridgehead atoms. The molecule has 0 radical (unpaired) electrons. The summed E-state index contributed by atoms with van der Waals surface area (Å²) in [6, 6.07) is 12.9. The first-order valence-electron chi connectivity index (χ1n) is 9.63. The number of ether oxygens (including phenoxy) is 1. The van der Waals surface area contributed by atoms with Gasteiger partial charge in [0.05, 0.1) is 11.0 Å². The third-order valence-electron chi connectivity index (χ3n) is 4.34. The second-order valence-electron chi connectivity index (χ2n) is 7.05. The highest BCUT2D eigenvalue weighted by Crippen LogP contribution is 2.21. The third kappa shape index (κ3) is 6.88. The van der Waals surface area contributed by atoms with E-state index in [1.54, 1.807) is 31.7 Å². The summed E-state index contributed by atoms with van der Waals surface area (Å²) in [4.78, 5) is 36.2. The molecule has 0 fully saturated rings. The molecule has 0 saturated heterocycles. The van der Waals surface area contributed by atoms with Crippen LogP contribution in [0.25, 0.3) is 0 Å². The van der Waals surface area contributed by atoms with Gasteiger partial charge < -0.3 is 10.1 Å². The van der Waals surface area contributed by atoms with Crippen molar-refractivity contribution in [1.29, 1.82) is 0 Å². The molecule has 1 amide bonds. The van der Waals surface area contributed by atoms with Crippen LogP contribution < -0.4 is 5.32 Å². The standard InChI is InChI=1S/C22H26N2O5S/c1-15(2)29-22(26)20(11-12-30-3)23-21(25)19-14-18(24(27)28)10-9-17(19)13-16-7-5-4-6-8-16/h4-10,14-15,20H,11-13H2,1-3H3,(H,23,25)/t20-/m0/s1. The summed E-state index contributed by atoms with van der Waals surface area (Å²) in [5.41, 5.74) is 1.62. The second kappa shape index (κ2) is 11.3. The molecule has 7 nitrogen and oxygen atoms in total. The summed E-state index contributed by atoms with van der Waals surface area (Å²) in [7, 11) is 0. The average Bonchev–Trinajstić information content (AvgIpc) is 2.71. The predicted molar refractivity (Wildman–Crippen MR) is 118 cm³/mol. The maximum Gasteiger partial charge on any atom is 0.328 e. The molecule has 0 aliphatic carbocycles. The van der Waals surface area contributed by atoms with Crippen molar-refractivity contribution >= 4 is 29.3 Å². The van der Waals surface area contributed by atoms with Crippen LogP contribution in [0.15, 0.2) is 48.5 Å². The van der Waals surface area contributed by atoms with E-state index < -0.39 is 22.8 Å². The van der Waals surface area contributed by atoms with Gasteiger partial charge in [0.15, 0.2) is 0 Å². The Morgan fingerprint density at radius 3 is 2.47 bits per heavy atom. The molecule has 1 N–H and O–H groups in total. The van der Waals surface area contributed by atoms with Gasteiger partial charge in [0.2, 0.25) is 0 Å². The molecule has 2 rings (SSSR count). The highest BCUT2D eigenvalue weighted by molar-refractivity contribution is 7.98. The largest absolute Gasteiger partial charge is 0.461 e. The zero-order valence-corrected chi connectivity index (χ0v) is 18.1. The molecule has 160 valence electrons. The van der Waals surface area contributed by atoms with Crippen molar-refractivity contribution in [2.45, 2.75) is 38.8 Å². The first-order valence-corrected chi connectivity index (χ1v) is 11.0. The molecular formula is C22H26N2O5S. The van der Waals surface area contributed by atoms with Gasteiger partial charge in [-0.2, -0.15) is 11.8 Å². The molecule has 2 aromatic carbocycles. The minimum atomic E-state index is -0.823. The van der Waals surface area contributed by atoms with Gasteiger partial charge >= 0.3 is 5.97 Å². The fourth-order valence-corrected chi connectivity index (χ4v) is 3.37.